The van der Waals surface area contributed by atoms with Crippen molar-refractivity contribution in [2.45, 2.75) is 0 Å². The Bertz CT molecular complexity index is 1770. The number of carbonyl (C=O) groups is 2. The van der Waals surface area contributed by atoms with Crippen molar-refractivity contribution >= 4 is 52.2 Å². The zero-order valence-electron chi connectivity index (χ0n) is 20.9. The molecule has 0 saturated carbocycles. The van der Waals surface area contributed by atoms with Crippen molar-refractivity contribution in [3.63, 3.8) is 0 Å². The van der Waals surface area contributed by atoms with Gasteiger partial charge in [-0.05, 0) is 60.2 Å². The predicted octanol–water partition coefficient (Wildman–Crippen LogP) is 7.27. The van der Waals surface area contributed by atoms with Crippen LogP contribution in [0.4, 0.5) is 4.39 Å². The van der Waals surface area contributed by atoms with Gasteiger partial charge in [0, 0.05) is 26.6 Å². The summed E-state index contributed by atoms with van der Waals surface area (Å²) in [7, 11) is 1.43. The molecule has 5 rings (SSSR count). The maximum absolute atomic E-state index is 14.6. The van der Waals surface area contributed by atoms with Gasteiger partial charge >= 0.3 is 5.97 Å². The molecule has 1 aromatic heterocycles. The van der Waals surface area contributed by atoms with E-state index in [1.165, 1.54) is 19.4 Å². The summed E-state index contributed by atoms with van der Waals surface area (Å²) in [6, 6.07) is 22.6. The van der Waals surface area contributed by atoms with Crippen LogP contribution in [-0.4, -0.2) is 30.2 Å². The van der Waals surface area contributed by atoms with Crippen molar-refractivity contribution < 1.29 is 23.5 Å². The number of aromatic amines is 1. The minimum atomic E-state index is -0.595. The topological polar surface area (TPSA) is 92.8 Å². The summed E-state index contributed by atoms with van der Waals surface area (Å²) in [6.07, 6.45) is 1.39. The van der Waals surface area contributed by atoms with Crippen molar-refractivity contribution in [2.24, 2.45) is 5.10 Å². The van der Waals surface area contributed by atoms with Gasteiger partial charge in [-0.1, -0.05) is 53.5 Å². The van der Waals surface area contributed by atoms with E-state index >= 15 is 0 Å². The van der Waals surface area contributed by atoms with Gasteiger partial charge in [-0.15, -0.1) is 0 Å². The van der Waals surface area contributed by atoms with Crippen LogP contribution in [0.15, 0.2) is 90.0 Å². The second kappa shape index (κ2) is 11.6. The zero-order chi connectivity index (χ0) is 28.2. The number of hydrogen-bond acceptors (Lipinski definition) is 5. The molecule has 40 heavy (non-hydrogen) atoms. The molecule has 10 heteroatoms. The summed E-state index contributed by atoms with van der Waals surface area (Å²) in [5.74, 6) is -1.19. The van der Waals surface area contributed by atoms with Gasteiger partial charge < -0.3 is 14.5 Å². The average Bonchev–Trinajstić information content (AvgIpc) is 3.35. The maximum Gasteiger partial charge on any atom is 0.343 e. The number of fused-ring (bicyclic) bond motifs is 1. The molecule has 0 bridgehead atoms. The predicted molar refractivity (Wildman–Crippen MR) is 153 cm³/mol. The number of methoxy groups -OCH3 is 1. The van der Waals surface area contributed by atoms with E-state index in [1.807, 2.05) is 0 Å². The lowest BCUT2D eigenvalue weighted by molar-refractivity contribution is 0.0729. The molecule has 0 atom stereocenters. The number of hydrazone groups is 1. The van der Waals surface area contributed by atoms with Crippen molar-refractivity contribution in [2.75, 3.05) is 7.11 Å². The molecule has 1 amide bonds. The van der Waals surface area contributed by atoms with Crippen LogP contribution in [0.25, 0.3) is 22.0 Å². The fourth-order valence-electron chi connectivity index (χ4n) is 4.11. The van der Waals surface area contributed by atoms with E-state index in [2.05, 4.69) is 15.5 Å². The van der Waals surface area contributed by atoms with E-state index in [1.54, 1.807) is 78.9 Å². The van der Waals surface area contributed by atoms with E-state index in [0.717, 1.165) is 0 Å². The molecule has 2 N–H and O–H groups in total. The Hall–Kier alpha value is -4.66. The van der Waals surface area contributed by atoms with Gasteiger partial charge in [0.05, 0.1) is 24.4 Å². The number of amides is 1. The lowest BCUT2D eigenvalue weighted by atomic mass is 10.0. The first kappa shape index (κ1) is 26.9. The van der Waals surface area contributed by atoms with Gasteiger partial charge in [-0.2, -0.15) is 5.10 Å². The van der Waals surface area contributed by atoms with E-state index in [4.69, 9.17) is 32.7 Å². The third-order valence-corrected chi connectivity index (χ3v) is 6.58. The van der Waals surface area contributed by atoms with Crippen LogP contribution >= 0.6 is 23.2 Å². The quantitative estimate of drug-likeness (QED) is 0.0923. The number of nitrogens with one attached hydrogen (secondary N) is 2. The highest BCUT2D eigenvalue weighted by Gasteiger charge is 2.22. The molecule has 4 aromatic carbocycles. The second-order valence-electron chi connectivity index (χ2n) is 8.52. The van der Waals surface area contributed by atoms with Gasteiger partial charge in [0.2, 0.25) is 0 Å². The van der Waals surface area contributed by atoms with E-state index < -0.39 is 17.7 Å². The monoisotopic (exact) mass is 575 g/mol. The SMILES string of the molecule is COc1cc(C=NNC(=O)c2[nH]c3c(F)cccc3c2-c2ccccc2Cl)ccc1OC(=O)c1ccc(Cl)cc1. The van der Waals surface area contributed by atoms with Crippen LogP contribution in [0, 0.1) is 5.82 Å². The number of benzene rings is 4. The summed E-state index contributed by atoms with van der Waals surface area (Å²) < 4.78 is 25.4. The Morgan fingerprint density at radius 1 is 0.950 bits per heavy atom. The molecule has 200 valence electrons. The maximum atomic E-state index is 14.6. The van der Waals surface area contributed by atoms with Crippen LogP contribution in [0.1, 0.15) is 26.4 Å². The minimum absolute atomic E-state index is 0.104. The highest BCUT2D eigenvalue weighted by molar-refractivity contribution is 6.34. The first-order valence-corrected chi connectivity index (χ1v) is 12.7. The third-order valence-electron chi connectivity index (χ3n) is 6.00. The second-order valence-corrected chi connectivity index (χ2v) is 9.37. The van der Waals surface area contributed by atoms with E-state index in [9.17, 15) is 14.0 Å². The molecule has 5 aromatic rings. The Kier molecular flexibility index (Phi) is 7.82. The summed E-state index contributed by atoms with van der Waals surface area (Å²) in [4.78, 5) is 28.5. The number of halogens is 3. The van der Waals surface area contributed by atoms with Gasteiger partial charge in [0.25, 0.3) is 5.91 Å². The normalized spacial score (nSPS) is 11.1. The highest BCUT2D eigenvalue weighted by Crippen LogP contribution is 2.37. The molecule has 0 radical (unpaired) electrons. The fourth-order valence-corrected chi connectivity index (χ4v) is 4.47. The third kappa shape index (κ3) is 5.54. The van der Waals surface area contributed by atoms with Crippen molar-refractivity contribution in [1.82, 2.24) is 10.4 Å². The van der Waals surface area contributed by atoms with Crippen LogP contribution in [0.5, 0.6) is 11.5 Å². The molecule has 0 spiro atoms. The summed E-state index contributed by atoms with van der Waals surface area (Å²) in [6.45, 7) is 0. The molecule has 0 aliphatic rings. The lowest BCUT2D eigenvalue weighted by Gasteiger charge is -2.10. The first-order valence-electron chi connectivity index (χ1n) is 11.9. The number of ether oxygens (including phenoxy) is 2. The lowest BCUT2D eigenvalue weighted by Crippen LogP contribution is -2.19. The van der Waals surface area contributed by atoms with Crippen molar-refractivity contribution in [1.29, 1.82) is 0 Å². The average molecular weight is 576 g/mol. The Morgan fingerprint density at radius 2 is 1.73 bits per heavy atom. The Balaban J connectivity index is 1.37. The van der Waals surface area contributed by atoms with E-state index in [-0.39, 0.29) is 22.7 Å². The standard InChI is InChI=1S/C30H20Cl2FN3O4/c1-39-25-15-17(9-14-24(25)40-30(38)18-10-12-19(31)13-11-18)16-34-36-29(37)28-26(20-5-2-3-7-22(20)32)21-6-4-8-23(33)27(21)35-28/h2-16,35H,1H3,(H,36,37). The molecule has 0 fully saturated rings. The first-order chi connectivity index (χ1) is 19.4. The van der Waals surface area contributed by atoms with Gasteiger partial charge in [0.15, 0.2) is 11.5 Å². The smallest absolute Gasteiger partial charge is 0.343 e. The van der Waals surface area contributed by atoms with Gasteiger partial charge in [-0.25, -0.2) is 14.6 Å². The number of rotatable bonds is 7. The van der Waals surface area contributed by atoms with Crippen molar-refractivity contribution in [3.05, 3.63) is 118 Å². The van der Waals surface area contributed by atoms with Gasteiger partial charge in [0.1, 0.15) is 11.5 Å². The van der Waals surface area contributed by atoms with Crippen LogP contribution in [-0.2, 0) is 0 Å². The number of aromatic nitrogens is 1. The molecule has 0 aliphatic heterocycles. The number of nitrogens with zero attached hydrogens (tertiary/aromatic N) is 1. The molecular weight excluding hydrogens is 556 g/mol. The van der Waals surface area contributed by atoms with Gasteiger partial charge in [-0.3, -0.25) is 4.79 Å². The molecule has 0 saturated heterocycles. The highest BCUT2D eigenvalue weighted by atomic mass is 35.5. The number of para-hydroxylation sites is 1. The number of H-pyrrole nitrogens is 1. The molecule has 7 nitrogen and oxygen atoms in total. The summed E-state index contributed by atoms with van der Waals surface area (Å²) in [5.41, 5.74) is 4.66. The van der Waals surface area contributed by atoms with Crippen LogP contribution < -0.4 is 14.9 Å². The Labute approximate surface area is 238 Å². The van der Waals surface area contributed by atoms with Crippen LogP contribution in [0.3, 0.4) is 0 Å². The summed E-state index contributed by atoms with van der Waals surface area (Å²) >= 11 is 12.3. The molecular formula is C30H20Cl2FN3O4. The van der Waals surface area contributed by atoms with Crippen molar-refractivity contribution in [3.8, 4) is 22.6 Å². The number of hydrogen-bond donors (Lipinski definition) is 2. The molecule has 0 unspecified atom stereocenters. The number of esters is 1. The minimum Gasteiger partial charge on any atom is -0.493 e. The molecule has 1 heterocycles. The largest absolute Gasteiger partial charge is 0.493 e. The van der Waals surface area contributed by atoms with Crippen LogP contribution in [0.2, 0.25) is 10.0 Å². The number of carbonyl (C=O) groups excluding carboxylic acids is 2. The fraction of sp³-hybridized carbons (Fsp3) is 0.0333. The Morgan fingerprint density at radius 3 is 2.48 bits per heavy atom. The van der Waals surface area contributed by atoms with E-state index in [0.29, 0.717) is 37.7 Å². The zero-order valence-corrected chi connectivity index (χ0v) is 22.4. The summed E-state index contributed by atoms with van der Waals surface area (Å²) in [5, 5.41) is 5.47. The molecule has 0 aliphatic carbocycles.